The monoisotopic (exact) mass is 338 g/mol. The fourth-order valence-electron chi connectivity index (χ4n) is 3.27. The van der Waals surface area contributed by atoms with Gasteiger partial charge in [-0.2, -0.15) is 4.52 Å². The van der Waals surface area contributed by atoms with Gasteiger partial charge in [0.1, 0.15) is 5.82 Å². The van der Waals surface area contributed by atoms with E-state index in [1.54, 1.807) is 4.52 Å². The molecule has 0 aromatic carbocycles. The minimum absolute atomic E-state index is 0.444. The van der Waals surface area contributed by atoms with Crippen molar-refractivity contribution in [3.05, 3.63) is 35.9 Å². The molecule has 0 N–H and O–H groups in total. The fourth-order valence-corrected chi connectivity index (χ4v) is 3.27. The van der Waals surface area contributed by atoms with Crippen LogP contribution in [0.4, 0.5) is 11.8 Å². The molecule has 0 aliphatic carbocycles. The fraction of sp³-hybridized carbons (Fsp3) is 0.471. The highest BCUT2D eigenvalue weighted by Gasteiger charge is 2.25. The van der Waals surface area contributed by atoms with Gasteiger partial charge >= 0.3 is 0 Å². The molecule has 0 saturated carbocycles. The summed E-state index contributed by atoms with van der Waals surface area (Å²) in [7, 11) is 2.08. The molecule has 1 fully saturated rings. The van der Waals surface area contributed by atoms with Crippen LogP contribution < -0.4 is 9.80 Å². The van der Waals surface area contributed by atoms with Gasteiger partial charge in [0.05, 0.1) is 0 Å². The Morgan fingerprint density at radius 3 is 2.48 bits per heavy atom. The van der Waals surface area contributed by atoms with E-state index in [0.29, 0.717) is 6.04 Å². The molecule has 1 aliphatic rings. The van der Waals surface area contributed by atoms with Crippen LogP contribution in [0.15, 0.2) is 24.5 Å². The van der Waals surface area contributed by atoms with Gasteiger partial charge in [0.15, 0.2) is 11.5 Å². The summed E-state index contributed by atoms with van der Waals surface area (Å²) >= 11 is 0. The molecule has 0 spiro atoms. The molecule has 130 valence electrons. The van der Waals surface area contributed by atoms with Crippen LogP contribution in [0.2, 0.25) is 0 Å². The quantitative estimate of drug-likeness (QED) is 0.718. The highest BCUT2D eigenvalue weighted by Crippen LogP contribution is 2.22. The molecular weight excluding hydrogens is 316 g/mol. The SMILES string of the molecule is Cc1cnc(N(C)C2CCN(c3ccc4nnc(C)n4n3)CC2)nc1. The number of fused-ring (bicyclic) bond motifs is 1. The Hall–Kier alpha value is -2.77. The summed E-state index contributed by atoms with van der Waals surface area (Å²) in [6.45, 7) is 5.84. The maximum Gasteiger partial charge on any atom is 0.225 e. The van der Waals surface area contributed by atoms with E-state index in [2.05, 4.69) is 42.1 Å². The van der Waals surface area contributed by atoms with Crippen molar-refractivity contribution in [1.29, 1.82) is 0 Å². The predicted molar refractivity (Wildman–Crippen MR) is 95.9 cm³/mol. The van der Waals surface area contributed by atoms with Gasteiger partial charge in [-0.25, -0.2) is 9.97 Å². The van der Waals surface area contributed by atoms with Gasteiger partial charge in [-0.3, -0.25) is 0 Å². The van der Waals surface area contributed by atoms with Crippen molar-refractivity contribution < 1.29 is 0 Å². The summed E-state index contributed by atoms with van der Waals surface area (Å²) in [6, 6.07) is 4.44. The molecule has 1 aliphatic heterocycles. The standard InChI is InChI=1S/C17H22N8/c1-12-10-18-17(19-11-12)23(3)14-6-8-24(9-7-14)16-5-4-15-21-20-13(2)25(15)22-16/h4-5,10-11,14H,6-9H2,1-3H3. The van der Waals surface area contributed by atoms with E-state index >= 15 is 0 Å². The molecule has 0 atom stereocenters. The van der Waals surface area contributed by atoms with Crippen LogP contribution in [0.25, 0.3) is 5.65 Å². The molecule has 25 heavy (non-hydrogen) atoms. The molecule has 8 nitrogen and oxygen atoms in total. The van der Waals surface area contributed by atoms with E-state index in [1.807, 2.05) is 38.4 Å². The van der Waals surface area contributed by atoms with Crippen molar-refractivity contribution in [3.63, 3.8) is 0 Å². The Labute approximate surface area is 146 Å². The van der Waals surface area contributed by atoms with Crippen LogP contribution in [0.1, 0.15) is 24.2 Å². The summed E-state index contributed by atoms with van der Waals surface area (Å²) in [5.41, 5.74) is 1.87. The maximum atomic E-state index is 4.68. The zero-order valence-electron chi connectivity index (χ0n) is 14.8. The first-order valence-electron chi connectivity index (χ1n) is 8.57. The first-order chi connectivity index (χ1) is 12.1. The van der Waals surface area contributed by atoms with Crippen LogP contribution in [-0.4, -0.2) is 56.0 Å². The Morgan fingerprint density at radius 1 is 1.04 bits per heavy atom. The van der Waals surface area contributed by atoms with Crippen molar-refractivity contribution in [2.75, 3.05) is 29.9 Å². The maximum absolute atomic E-state index is 4.68. The molecule has 3 aromatic heterocycles. The summed E-state index contributed by atoms with van der Waals surface area (Å²) in [5, 5.41) is 12.8. The Balaban J connectivity index is 1.45. The van der Waals surface area contributed by atoms with Gasteiger partial charge in [-0.05, 0) is 44.4 Å². The average Bonchev–Trinajstić information content (AvgIpc) is 3.02. The van der Waals surface area contributed by atoms with E-state index in [9.17, 15) is 0 Å². The zero-order valence-corrected chi connectivity index (χ0v) is 14.8. The van der Waals surface area contributed by atoms with Crippen LogP contribution in [0.3, 0.4) is 0 Å². The number of aryl methyl sites for hydroxylation is 2. The lowest BCUT2D eigenvalue weighted by Gasteiger charge is -2.37. The molecule has 0 bridgehead atoms. The van der Waals surface area contributed by atoms with E-state index < -0.39 is 0 Å². The third-order valence-electron chi connectivity index (χ3n) is 4.82. The number of aromatic nitrogens is 6. The van der Waals surface area contributed by atoms with Gasteiger partial charge in [0, 0.05) is 38.6 Å². The van der Waals surface area contributed by atoms with Crippen molar-refractivity contribution in [1.82, 2.24) is 29.8 Å². The summed E-state index contributed by atoms with van der Waals surface area (Å²) < 4.78 is 1.80. The van der Waals surface area contributed by atoms with Gasteiger partial charge in [0.2, 0.25) is 5.95 Å². The van der Waals surface area contributed by atoms with E-state index in [4.69, 9.17) is 0 Å². The zero-order chi connectivity index (χ0) is 17.4. The van der Waals surface area contributed by atoms with Crippen molar-refractivity contribution in [2.24, 2.45) is 0 Å². The van der Waals surface area contributed by atoms with Gasteiger partial charge < -0.3 is 9.80 Å². The molecule has 4 rings (SSSR count). The molecule has 4 heterocycles. The number of hydrogen-bond donors (Lipinski definition) is 0. The number of piperidine rings is 1. The van der Waals surface area contributed by atoms with Crippen LogP contribution >= 0.6 is 0 Å². The number of anilines is 2. The minimum atomic E-state index is 0.444. The molecule has 0 radical (unpaired) electrons. The first-order valence-corrected chi connectivity index (χ1v) is 8.57. The molecular formula is C17H22N8. The summed E-state index contributed by atoms with van der Waals surface area (Å²) in [5.74, 6) is 2.58. The number of rotatable bonds is 3. The molecule has 3 aromatic rings. The van der Waals surface area contributed by atoms with E-state index in [0.717, 1.165) is 54.7 Å². The highest BCUT2D eigenvalue weighted by atomic mass is 15.4. The number of hydrogen-bond acceptors (Lipinski definition) is 7. The Morgan fingerprint density at radius 2 is 1.76 bits per heavy atom. The Kier molecular flexibility index (Phi) is 3.95. The smallest absolute Gasteiger partial charge is 0.225 e. The van der Waals surface area contributed by atoms with Gasteiger partial charge in [-0.15, -0.1) is 15.3 Å². The molecule has 1 saturated heterocycles. The van der Waals surface area contributed by atoms with E-state index in [-0.39, 0.29) is 0 Å². The first kappa shape index (κ1) is 15.7. The Bertz CT molecular complexity index is 864. The van der Waals surface area contributed by atoms with Crippen LogP contribution in [-0.2, 0) is 0 Å². The molecule has 0 amide bonds. The lowest BCUT2D eigenvalue weighted by atomic mass is 10.0. The minimum Gasteiger partial charge on any atom is -0.355 e. The lowest BCUT2D eigenvalue weighted by Crippen LogP contribution is -2.44. The highest BCUT2D eigenvalue weighted by molar-refractivity contribution is 5.46. The third-order valence-corrected chi connectivity index (χ3v) is 4.82. The van der Waals surface area contributed by atoms with Crippen molar-refractivity contribution >= 4 is 17.4 Å². The number of nitrogens with zero attached hydrogens (tertiary/aromatic N) is 8. The van der Waals surface area contributed by atoms with Crippen molar-refractivity contribution in [2.45, 2.75) is 32.7 Å². The topological polar surface area (TPSA) is 75.3 Å². The molecule has 8 heteroatoms. The van der Waals surface area contributed by atoms with Crippen molar-refractivity contribution in [3.8, 4) is 0 Å². The second kappa shape index (κ2) is 6.27. The van der Waals surface area contributed by atoms with E-state index in [1.165, 1.54) is 0 Å². The summed E-state index contributed by atoms with van der Waals surface area (Å²) in [4.78, 5) is 13.4. The van der Waals surface area contributed by atoms with Crippen LogP contribution in [0, 0.1) is 13.8 Å². The normalized spacial score (nSPS) is 15.7. The second-order valence-electron chi connectivity index (χ2n) is 6.60. The largest absolute Gasteiger partial charge is 0.355 e. The third kappa shape index (κ3) is 2.99. The van der Waals surface area contributed by atoms with Gasteiger partial charge in [0.25, 0.3) is 0 Å². The van der Waals surface area contributed by atoms with Gasteiger partial charge in [-0.1, -0.05) is 0 Å². The summed E-state index contributed by atoms with van der Waals surface area (Å²) in [6.07, 6.45) is 5.84. The lowest BCUT2D eigenvalue weighted by molar-refractivity contribution is 0.474. The molecule has 0 unspecified atom stereocenters. The average molecular weight is 338 g/mol. The predicted octanol–water partition coefficient (Wildman–Crippen LogP) is 1.64. The second-order valence-corrected chi connectivity index (χ2v) is 6.60. The van der Waals surface area contributed by atoms with Crippen LogP contribution in [0.5, 0.6) is 0 Å².